The first kappa shape index (κ1) is 31.5. The molecule has 246 valence electrons. The second-order valence-corrected chi connectivity index (χ2v) is 13.8. The van der Waals surface area contributed by atoms with E-state index in [2.05, 4.69) is 15.0 Å². The van der Waals surface area contributed by atoms with E-state index >= 15 is 0 Å². The van der Waals surface area contributed by atoms with Gasteiger partial charge in [-0.3, -0.25) is 32.4 Å². The number of anilines is 1. The molecule has 4 aromatic rings. The molecule has 0 radical (unpaired) electrons. The van der Waals surface area contributed by atoms with Crippen molar-refractivity contribution in [3.05, 3.63) is 64.7 Å². The Morgan fingerprint density at radius 2 is 1.76 bits per heavy atom. The summed E-state index contributed by atoms with van der Waals surface area (Å²) in [6.07, 6.45) is -6.28. The van der Waals surface area contributed by atoms with Crippen LogP contribution in [0.3, 0.4) is 0 Å². The van der Waals surface area contributed by atoms with Crippen molar-refractivity contribution in [2.45, 2.75) is 56.2 Å². The number of phosphoric ester groups is 2. The van der Waals surface area contributed by atoms with Crippen molar-refractivity contribution in [3.8, 4) is 0 Å². The lowest BCUT2D eigenvalue weighted by Crippen LogP contribution is -2.38. The number of benzene rings is 2. The van der Waals surface area contributed by atoms with Crippen molar-refractivity contribution < 1.29 is 51.2 Å². The lowest BCUT2D eigenvalue weighted by atomic mass is 9.98. The number of rotatable bonds is 4. The van der Waals surface area contributed by atoms with Crippen LogP contribution >= 0.6 is 15.6 Å². The van der Waals surface area contributed by atoms with E-state index in [-0.39, 0.29) is 30.1 Å². The largest absolute Gasteiger partial charge is 0.472 e. The number of nitrogens with two attached hydrogens (primary N) is 1. The third-order valence-electron chi connectivity index (χ3n) is 8.07. The van der Waals surface area contributed by atoms with Gasteiger partial charge in [-0.2, -0.15) is 4.98 Å². The van der Waals surface area contributed by atoms with E-state index in [1.807, 2.05) is 42.5 Å². The van der Waals surface area contributed by atoms with Crippen molar-refractivity contribution in [3.63, 3.8) is 0 Å². The Bertz CT molecular complexity index is 1920. The van der Waals surface area contributed by atoms with E-state index in [4.69, 9.17) is 38.0 Å². The third kappa shape index (κ3) is 6.05. The molecule has 2 bridgehead atoms. The smallest absolute Gasteiger partial charge is 0.373 e. The predicted octanol–water partition coefficient (Wildman–Crippen LogP) is 2.71. The van der Waals surface area contributed by atoms with Crippen LogP contribution < -0.4 is 11.3 Å². The highest BCUT2D eigenvalue weighted by Gasteiger charge is 2.53. The minimum absolute atomic E-state index is 0.00990. The number of hydrogen-bond acceptors (Lipinski definition) is 13. The molecule has 4 unspecified atom stereocenters. The lowest BCUT2D eigenvalue weighted by Gasteiger charge is -2.26. The van der Waals surface area contributed by atoms with E-state index in [1.54, 1.807) is 6.92 Å². The van der Waals surface area contributed by atoms with Gasteiger partial charge in [-0.05, 0) is 23.3 Å². The highest BCUT2D eigenvalue weighted by atomic mass is 31.2. The second-order valence-electron chi connectivity index (χ2n) is 11.0. The van der Waals surface area contributed by atoms with Gasteiger partial charge in [-0.1, -0.05) is 42.5 Å². The summed E-state index contributed by atoms with van der Waals surface area (Å²) in [6.45, 7) is 0.691. The van der Waals surface area contributed by atoms with E-state index in [0.717, 1.165) is 16.3 Å². The molecular formula is C27H31N5O12P2. The fraction of sp³-hybridized carbons (Fsp3) is 0.444. The molecule has 3 fully saturated rings. The van der Waals surface area contributed by atoms with Gasteiger partial charge in [0.1, 0.15) is 30.5 Å². The number of aromatic nitrogens is 4. The van der Waals surface area contributed by atoms with Gasteiger partial charge in [0.25, 0.3) is 5.56 Å². The number of nitrogen functional groups attached to an aromatic ring is 1. The molecule has 2 aromatic carbocycles. The molecule has 0 amide bonds. The molecule has 0 saturated carbocycles. The van der Waals surface area contributed by atoms with Gasteiger partial charge in [-0.15, -0.1) is 0 Å². The molecule has 7 rings (SSSR count). The number of aromatic amines is 1. The molecule has 2 aromatic heterocycles. The number of nitrogens with one attached hydrogen (secondary N) is 1. The van der Waals surface area contributed by atoms with Crippen LogP contribution in [0.15, 0.2) is 53.6 Å². The molecule has 5 heterocycles. The highest BCUT2D eigenvalue weighted by molar-refractivity contribution is 7.47. The van der Waals surface area contributed by atoms with Crippen LogP contribution in [0.25, 0.3) is 21.9 Å². The van der Waals surface area contributed by atoms with Crippen LogP contribution in [0.2, 0.25) is 0 Å². The van der Waals surface area contributed by atoms with E-state index < -0.39 is 77.3 Å². The van der Waals surface area contributed by atoms with Gasteiger partial charge in [0.15, 0.2) is 17.4 Å². The zero-order valence-corrected chi connectivity index (χ0v) is 26.1. The van der Waals surface area contributed by atoms with Crippen LogP contribution in [0.4, 0.5) is 5.95 Å². The average Bonchev–Trinajstić information content (AvgIpc) is 3.70. The molecule has 0 spiro atoms. The van der Waals surface area contributed by atoms with Gasteiger partial charge in [0, 0.05) is 13.0 Å². The van der Waals surface area contributed by atoms with Crippen LogP contribution in [0.5, 0.6) is 0 Å². The Labute approximate surface area is 260 Å². The molecule has 3 saturated heterocycles. The first-order valence-electron chi connectivity index (χ1n) is 14.5. The van der Waals surface area contributed by atoms with Crippen molar-refractivity contribution in [2.75, 3.05) is 25.6 Å². The average molecular weight is 680 g/mol. The van der Waals surface area contributed by atoms with Gasteiger partial charge in [0.2, 0.25) is 5.95 Å². The van der Waals surface area contributed by atoms with Crippen LogP contribution in [0, 0.1) is 0 Å². The maximum atomic E-state index is 13.5. The van der Waals surface area contributed by atoms with Gasteiger partial charge < -0.3 is 29.7 Å². The lowest BCUT2D eigenvalue weighted by molar-refractivity contribution is -0.0646. The summed E-state index contributed by atoms with van der Waals surface area (Å²) in [5.74, 6) is -0.208. The van der Waals surface area contributed by atoms with E-state index in [9.17, 15) is 23.7 Å². The number of H-pyrrole nitrogens is 1. The molecule has 46 heavy (non-hydrogen) atoms. The number of ether oxygens (including phenoxy) is 3. The van der Waals surface area contributed by atoms with Crippen molar-refractivity contribution >= 4 is 43.5 Å². The molecule has 3 aliphatic heterocycles. The maximum absolute atomic E-state index is 13.5. The summed E-state index contributed by atoms with van der Waals surface area (Å²) < 4.78 is 68.3. The van der Waals surface area contributed by atoms with Crippen molar-refractivity contribution in [2.24, 2.45) is 0 Å². The Morgan fingerprint density at radius 1 is 1.02 bits per heavy atom. The molecular weight excluding hydrogens is 648 g/mol. The molecule has 17 nitrogen and oxygen atoms in total. The topological polar surface area (TPSA) is 229 Å². The third-order valence-corrected chi connectivity index (χ3v) is 10.1. The van der Waals surface area contributed by atoms with Crippen molar-refractivity contribution in [1.82, 2.24) is 19.5 Å². The summed E-state index contributed by atoms with van der Waals surface area (Å²) in [6, 6.07) is 13.4. The zero-order valence-electron chi connectivity index (χ0n) is 24.3. The van der Waals surface area contributed by atoms with Crippen LogP contribution in [-0.2, 0) is 41.4 Å². The number of fused-ring (bicyclic) bond motifs is 5. The van der Waals surface area contributed by atoms with E-state index in [1.165, 1.54) is 10.9 Å². The maximum Gasteiger partial charge on any atom is 0.472 e. The summed E-state index contributed by atoms with van der Waals surface area (Å²) in [7, 11) is -9.67. The van der Waals surface area contributed by atoms with Gasteiger partial charge in [-0.25, -0.2) is 14.1 Å². The number of phosphoric acid groups is 2. The van der Waals surface area contributed by atoms with Gasteiger partial charge in [0.05, 0.1) is 25.6 Å². The monoisotopic (exact) mass is 679 g/mol. The molecule has 9 atom stereocenters. The van der Waals surface area contributed by atoms with E-state index in [0.29, 0.717) is 0 Å². The summed E-state index contributed by atoms with van der Waals surface area (Å²) in [5.41, 5.74) is 5.84. The minimum atomic E-state index is -4.91. The predicted molar refractivity (Wildman–Crippen MR) is 159 cm³/mol. The normalized spacial score (nSPS) is 35.4. The molecule has 0 aliphatic carbocycles. The van der Waals surface area contributed by atoms with Crippen LogP contribution in [-0.4, -0.2) is 79.6 Å². The summed E-state index contributed by atoms with van der Waals surface area (Å²) in [5, 5.41) is 1.88. The number of hydrogen-bond donors (Lipinski definition) is 4. The fourth-order valence-corrected chi connectivity index (χ4v) is 8.02. The SMILES string of the molecule is CCO[C@@H]1C2OP(=O)(O)OC[C@H]3O[C@@H](c4cccc5ccccc45)CC3OP(=O)(O)OC[C@H]1O[C@H]2n1cnc2c(=O)[nH]c(N)nc21. The standard InChI is InChI=1S/C27H31N5O12P2/c1-2-38-22-20-12-40-45(34,35)43-18-10-17(16-9-5-7-14-6-3-4-8-15(14)16)41-19(18)11-39-46(36,37)44-23(22)26(42-20)32-13-29-21-24(32)30-27(28)31-25(21)33/h3-9,13,17-20,22-23,26H,2,10-12H2,1H3,(H,34,35)(H,36,37)(H3,28,30,31,33)/t17-,18?,19-,20-,22+,23?,26-/m1/s1. The Balaban J connectivity index is 1.21. The quantitative estimate of drug-likeness (QED) is 0.227. The van der Waals surface area contributed by atoms with Crippen LogP contribution in [0.1, 0.15) is 31.2 Å². The van der Waals surface area contributed by atoms with Gasteiger partial charge >= 0.3 is 15.6 Å². The molecule has 3 aliphatic rings. The molecule has 19 heteroatoms. The Hall–Kier alpha value is -3.05. The summed E-state index contributed by atoms with van der Waals surface area (Å²) in [4.78, 5) is 44.7. The highest BCUT2D eigenvalue weighted by Crippen LogP contribution is 2.54. The number of imidazole rings is 1. The zero-order chi connectivity index (χ0) is 32.2. The molecule has 5 N–H and O–H groups in total. The number of nitrogens with zero attached hydrogens (tertiary/aromatic N) is 3. The second kappa shape index (κ2) is 12.2. The first-order chi connectivity index (χ1) is 22.0. The summed E-state index contributed by atoms with van der Waals surface area (Å²) >= 11 is 0. The fourth-order valence-electron chi connectivity index (χ4n) is 6.13. The first-order valence-corrected chi connectivity index (χ1v) is 17.4. The van der Waals surface area contributed by atoms with Crippen molar-refractivity contribution in [1.29, 1.82) is 0 Å². The Morgan fingerprint density at radius 3 is 2.57 bits per heavy atom. The minimum Gasteiger partial charge on any atom is -0.373 e. The Kier molecular flexibility index (Phi) is 8.36.